The van der Waals surface area contributed by atoms with E-state index < -0.39 is 112 Å². The van der Waals surface area contributed by atoms with Crippen LogP contribution in [0.3, 0.4) is 0 Å². The summed E-state index contributed by atoms with van der Waals surface area (Å²) in [5.41, 5.74) is 3.86. The van der Waals surface area contributed by atoms with Gasteiger partial charge in [-0.15, -0.1) is 48.2 Å². The van der Waals surface area contributed by atoms with Crippen LogP contribution in [0.25, 0.3) is 21.4 Å². The molecule has 0 saturated carbocycles. The van der Waals surface area contributed by atoms with E-state index in [0.717, 1.165) is 27.5 Å². The summed E-state index contributed by atoms with van der Waals surface area (Å²) in [6.45, 7) is 12.4. The highest BCUT2D eigenvalue weighted by Gasteiger charge is 2.41. The molecule has 2 amide bonds. The van der Waals surface area contributed by atoms with Crippen LogP contribution in [0, 0.1) is 6.92 Å². The standard InChI is InChI=1S/C17H12F3N7OS.C10H12F3N3O2.C9H6F3N5.C8H4BrF3N2OS.C5H2ClF3N2.C5H4F3N3.C5H3F3N2O.C5H11NO2.C4H3ClN2/c1-10-6-13(25-23-7-10)27(14-8-21-4-5-22-14)9-11-2-3-12(29-11)15-24-16(28-26-15)17(18,19)20;1-9(2,3)18-8(17)15-7-4-6(5-14-16-7)10(11,12)13;10-9(11,12)6-3-7(17-15-4-6)16-8-5-13-1-2-14-8;9-3-4-1-2-5(16-4)6-13-7(15-14-6)8(10,11)12;6-4-1-3(2-10-11-4)5(7,8)9;6-5(7,8)3-1-4(9)11-10-2-3;6-5(7,8)3-1-4(11)10-9-2-3;1-5(2,3)8-4(6)7;5-4-3-6-1-2-7-4/h2-8H,9H2,1H3;4-5H,1-3H3,(H,15,16,17);1-5H,(H,14,16,17);1-2H,3H2;1-2H;1-2H,(H2,9,11);1-2H,(H,10,11);1-3H3,(H2,6,7);1-3H. The van der Waals surface area contributed by atoms with Crippen LogP contribution < -0.4 is 32.6 Å². The molecule has 0 aliphatic heterocycles. The number of carbonyl (C=O) groups is 2. The summed E-state index contributed by atoms with van der Waals surface area (Å²) in [5, 5.41) is 50.9. The number of halogens is 24. The van der Waals surface area contributed by atoms with Crippen molar-refractivity contribution >= 4 is 109 Å². The summed E-state index contributed by atoms with van der Waals surface area (Å²) >= 11 is 16.3. The predicted molar refractivity (Wildman–Crippen MR) is 413 cm³/mol. The van der Waals surface area contributed by atoms with Gasteiger partial charge in [0, 0.05) is 58.3 Å². The van der Waals surface area contributed by atoms with Crippen LogP contribution in [0.2, 0.25) is 10.3 Å². The maximum Gasteiger partial charge on any atom is 0.471 e. The van der Waals surface area contributed by atoms with E-state index in [0.29, 0.717) is 93.4 Å². The van der Waals surface area contributed by atoms with Gasteiger partial charge >= 0.3 is 67.2 Å². The first-order chi connectivity index (χ1) is 59.3. The number of hydrogen-bond acceptors (Lipinski definition) is 33. The highest BCUT2D eigenvalue weighted by molar-refractivity contribution is 9.08. The molecule has 0 spiro atoms. The molecule has 0 unspecified atom stereocenters. The lowest BCUT2D eigenvalue weighted by atomic mass is 10.2. The molecule has 0 aliphatic carbocycles. The molecular formula is C68H57BrCl2F21N27O7S2. The van der Waals surface area contributed by atoms with Crippen molar-refractivity contribution in [2.75, 3.05) is 21.3 Å². The van der Waals surface area contributed by atoms with Crippen molar-refractivity contribution in [3.05, 3.63) is 229 Å². The van der Waals surface area contributed by atoms with Gasteiger partial charge in [-0.05, 0) is 109 Å². The Balaban J connectivity index is 0.000000264. The van der Waals surface area contributed by atoms with Crippen LogP contribution in [0.1, 0.15) is 96.5 Å². The molecule has 686 valence electrons. The average Bonchev–Trinajstić information content (AvgIpc) is 1.65. The van der Waals surface area contributed by atoms with E-state index in [1.807, 2.05) is 18.1 Å². The molecule has 7 N–H and O–H groups in total. The van der Waals surface area contributed by atoms with E-state index in [-0.39, 0.29) is 34.3 Å². The van der Waals surface area contributed by atoms with E-state index >= 15 is 0 Å². The highest BCUT2D eigenvalue weighted by atomic mass is 79.9. The third-order valence-corrected chi connectivity index (χ3v) is 16.2. The number of nitrogens with zero attached hydrogens (tertiary/aromatic N) is 22. The van der Waals surface area contributed by atoms with Crippen molar-refractivity contribution < 1.29 is 120 Å². The average molecular weight is 1980 g/mol. The minimum Gasteiger partial charge on any atom is -0.444 e. The predicted octanol–water partition coefficient (Wildman–Crippen LogP) is 18.7. The topological polar surface area (TPSA) is 462 Å². The first-order valence-electron chi connectivity index (χ1n) is 33.8. The van der Waals surface area contributed by atoms with Crippen LogP contribution in [0.15, 0.2) is 167 Å². The summed E-state index contributed by atoms with van der Waals surface area (Å²) in [7, 11) is 0. The van der Waals surface area contributed by atoms with Gasteiger partial charge in [0.2, 0.25) is 11.6 Å². The van der Waals surface area contributed by atoms with Gasteiger partial charge in [-0.2, -0.15) is 133 Å². The lowest BCUT2D eigenvalue weighted by molar-refractivity contribution is -0.160. The molecule has 0 aromatic carbocycles. The molecule has 13 rings (SSSR count). The quantitative estimate of drug-likeness (QED) is 0.0627. The first-order valence-corrected chi connectivity index (χ1v) is 37.3. The fourth-order valence-electron chi connectivity index (χ4n) is 7.69. The number of aryl methyl sites for hydroxylation is 1. The largest absolute Gasteiger partial charge is 0.471 e. The number of amides is 2. The Labute approximate surface area is 729 Å². The molecule has 0 saturated heterocycles. The highest BCUT2D eigenvalue weighted by Crippen LogP contribution is 2.38. The van der Waals surface area contributed by atoms with E-state index in [1.165, 1.54) is 47.5 Å². The second kappa shape index (κ2) is 46.8. The molecule has 34 nitrogen and oxygen atoms in total. The number of thiophene rings is 2. The Morgan fingerprint density at radius 3 is 1.32 bits per heavy atom. The summed E-state index contributed by atoms with van der Waals surface area (Å²) in [4.78, 5) is 66.3. The molecule has 13 aromatic rings. The maximum atomic E-state index is 12.7. The summed E-state index contributed by atoms with van der Waals surface area (Å²) in [5.74, 6) is -2.03. The minimum absolute atomic E-state index is 0.0375. The number of nitrogens with two attached hydrogens (primary N) is 2. The van der Waals surface area contributed by atoms with E-state index in [1.54, 1.807) is 108 Å². The lowest BCUT2D eigenvalue weighted by Crippen LogP contribution is -2.27. The number of aromatic nitrogens is 22. The van der Waals surface area contributed by atoms with E-state index in [9.17, 15) is 107 Å². The van der Waals surface area contributed by atoms with Crippen LogP contribution in [-0.2, 0) is 64.6 Å². The normalized spacial score (nSPS) is 11.5. The molecule has 13 aromatic heterocycles. The zero-order chi connectivity index (χ0) is 95.8. The number of ether oxygens (including phenoxy) is 2. The number of nitrogen functional groups attached to an aromatic ring is 1. The Hall–Kier alpha value is -13.3. The Morgan fingerprint density at radius 2 is 0.938 bits per heavy atom. The number of primary amides is 1. The van der Waals surface area contributed by atoms with Crippen molar-refractivity contribution in [1.29, 1.82) is 0 Å². The van der Waals surface area contributed by atoms with Gasteiger partial charge in [0.15, 0.2) is 28.4 Å². The number of hydrogen-bond donors (Lipinski definition) is 5. The van der Waals surface area contributed by atoms with Crippen molar-refractivity contribution in [3.8, 4) is 21.4 Å². The summed E-state index contributed by atoms with van der Waals surface area (Å²) in [6, 6.07) is 12.1. The maximum absolute atomic E-state index is 12.7. The molecule has 0 aliphatic rings. The van der Waals surface area contributed by atoms with Crippen molar-refractivity contribution in [3.63, 3.8) is 0 Å². The molecule has 128 heavy (non-hydrogen) atoms. The Morgan fingerprint density at radius 1 is 0.484 bits per heavy atom. The smallest absolute Gasteiger partial charge is 0.444 e. The molecular weight excluding hydrogens is 1920 g/mol. The van der Waals surface area contributed by atoms with Crippen molar-refractivity contribution in [2.45, 2.75) is 115 Å². The summed E-state index contributed by atoms with van der Waals surface area (Å²) < 4.78 is 273. The third-order valence-electron chi connectivity index (χ3n) is 12.7. The zero-order valence-electron chi connectivity index (χ0n) is 65.1. The van der Waals surface area contributed by atoms with Crippen LogP contribution in [0.5, 0.6) is 0 Å². The minimum atomic E-state index is -4.68. The second-order valence-electron chi connectivity index (χ2n) is 25.3. The molecule has 0 fully saturated rings. The molecule has 0 atom stereocenters. The van der Waals surface area contributed by atoms with Gasteiger partial charge in [-0.3, -0.25) is 25.1 Å². The Kier molecular flexibility index (Phi) is 38.5. The number of rotatable bonds is 10. The first kappa shape index (κ1) is 105. The molecule has 13 heterocycles. The molecule has 0 bridgehead atoms. The van der Waals surface area contributed by atoms with Gasteiger partial charge in [-0.25, -0.2) is 29.6 Å². The van der Waals surface area contributed by atoms with Crippen molar-refractivity contribution in [1.82, 2.24) is 111 Å². The second-order valence-corrected chi connectivity index (χ2v) is 28.9. The van der Waals surface area contributed by atoms with Gasteiger partial charge in [-0.1, -0.05) is 49.4 Å². The van der Waals surface area contributed by atoms with Gasteiger partial charge in [0.1, 0.15) is 28.0 Å². The monoisotopic (exact) mass is 1980 g/mol. The van der Waals surface area contributed by atoms with Gasteiger partial charge < -0.3 is 40.2 Å². The SMILES string of the molecule is CC(C)(C)OC(=O)Nc1cc(C(F)(F)F)cnn1.CC(C)(C)OC(N)=O.Cc1cnnc(N(Cc2ccc(-c3noc(C(F)(F)F)n3)s2)c2cnccn2)c1.Clc1cnccn1.FC(F)(F)c1cnnc(Cl)c1.FC(F)(F)c1cnnc(Nc2cnccn2)c1.FC(F)(F)c1nc(-c2ccc(CBr)s2)no1.Nc1cc(C(F)(F)F)cnn1.O=c1cc(C(F)(F)F)cn[nH]1. The fourth-order valence-corrected chi connectivity index (χ4v) is 10.2. The number of anilines is 6. The number of nitrogens with one attached hydrogen (secondary N) is 3. The number of aromatic amines is 1. The number of carbonyl (C=O) groups excluding carboxylic acids is 2. The lowest BCUT2D eigenvalue weighted by Gasteiger charge is -2.21. The van der Waals surface area contributed by atoms with E-state index in [2.05, 4.69) is 147 Å². The summed E-state index contributed by atoms with van der Waals surface area (Å²) in [6.07, 6.45) is -15.0. The third kappa shape index (κ3) is 39.5. The van der Waals surface area contributed by atoms with Crippen molar-refractivity contribution in [2.24, 2.45) is 5.73 Å². The zero-order valence-corrected chi connectivity index (χ0v) is 69.8. The van der Waals surface area contributed by atoms with Gasteiger partial charge in [0.25, 0.3) is 5.56 Å². The van der Waals surface area contributed by atoms with Crippen LogP contribution in [-0.4, -0.2) is 135 Å². The number of alkyl halides is 22. The number of H-pyrrole nitrogens is 1. The van der Waals surface area contributed by atoms with Gasteiger partial charge in [0.05, 0.1) is 99.9 Å². The molecule has 0 radical (unpaired) electrons. The van der Waals surface area contributed by atoms with Crippen LogP contribution >= 0.6 is 61.8 Å². The fraction of sp³-hybridized carbons (Fsp3) is 0.265. The Bertz CT molecular complexity index is 5610. The van der Waals surface area contributed by atoms with E-state index in [4.69, 9.17) is 39.4 Å². The molecule has 60 heteroatoms. The van der Waals surface area contributed by atoms with Crippen LogP contribution in [0.4, 0.5) is 137 Å².